The van der Waals surface area contributed by atoms with E-state index in [9.17, 15) is 25.3 Å². The van der Waals surface area contributed by atoms with E-state index in [0.29, 0.717) is 11.3 Å². The number of hydrazone groups is 1. The zero-order valence-electron chi connectivity index (χ0n) is 12.4. The number of ether oxygens (including phenoxy) is 1. The van der Waals surface area contributed by atoms with E-state index in [1.165, 1.54) is 43.7 Å². The van der Waals surface area contributed by atoms with Gasteiger partial charge in [-0.3, -0.25) is 25.7 Å². The van der Waals surface area contributed by atoms with Crippen LogP contribution in [0.5, 0.6) is 11.5 Å². The minimum Gasteiger partial charge on any atom is -0.500 e. The fourth-order valence-corrected chi connectivity index (χ4v) is 1.82. The molecule has 0 aliphatic rings. The summed E-state index contributed by atoms with van der Waals surface area (Å²) in [5, 5.41) is 35.0. The SMILES string of the molecule is COc1cc(C=NNc2ccc([N+](=O)[O-])cc2)cc([N+](=O)[O-])c1O. The predicted octanol–water partition coefficient (Wildman–Crippen LogP) is 2.66. The Morgan fingerprint density at radius 1 is 1.17 bits per heavy atom. The standard InChI is InChI=1S/C14H12N4O6/c1-24-13-7-9(6-12(14(13)19)18(22)23)8-15-16-10-2-4-11(5-3-10)17(20)21/h2-8,16,19H,1H3. The first kappa shape index (κ1) is 16.7. The maximum Gasteiger partial charge on any atom is 0.315 e. The van der Waals surface area contributed by atoms with Gasteiger partial charge in [0.05, 0.1) is 28.9 Å². The number of non-ortho nitro benzene ring substituents is 1. The van der Waals surface area contributed by atoms with Crippen molar-refractivity contribution in [2.24, 2.45) is 5.10 Å². The number of nitro benzene ring substituents is 2. The van der Waals surface area contributed by atoms with Crippen molar-refractivity contribution in [2.75, 3.05) is 12.5 Å². The molecule has 0 heterocycles. The molecule has 0 aromatic heterocycles. The topological polar surface area (TPSA) is 140 Å². The molecule has 2 rings (SSSR count). The minimum atomic E-state index is -0.737. The Morgan fingerprint density at radius 2 is 1.83 bits per heavy atom. The molecule has 0 aliphatic heterocycles. The lowest BCUT2D eigenvalue weighted by molar-refractivity contribution is -0.386. The van der Waals surface area contributed by atoms with Crippen LogP contribution in [-0.2, 0) is 0 Å². The lowest BCUT2D eigenvalue weighted by Gasteiger charge is -2.05. The molecule has 10 nitrogen and oxygen atoms in total. The molecule has 0 unspecified atom stereocenters. The second kappa shape index (κ2) is 7.05. The number of nitrogens with one attached hydrogen (secondary N) is 1. The molecule has 124 valence electrons. The van der Waals surface area contributed by atoms with Crippen LogP contribution in [0.1, 0.15) is 5.56 Å². The highest BCUT2D eigenvalue weighted by molar-refractivity contribution is 5.83. The molecule has 0 saturated heterocycles. The number of aromatic hydroxyl groups is 1. The van der Waals surface area contributed by atoms with Gasteiger partial charge >= 0.3 is 5.69 Å². The van der Waals surface area contributed by atoms with Crippen molar-refractivity contribution in [3.05, 3.63) is 62.2 Å². The lowest BCUT2D eigenvalue weighted by atomic mass is 10.2. The molecule has 2 aromatic rings. The molecular weight excluding hydrogens is 320 g/mol. The Kier molecular flexibility index (Phi) is 4.90. The van der Waals surface area contributed by atoms with Crippen LogP contribution in [0.25, 0.3) is 0 Å². The fraction of sp³-hybridized carbons (Fsp3) is 0.0714. The smallest absolute Gasteiger partial charge is 0.315 e. The van der Waals surface area contributed by atoms with Gasteiger partial charge in [-0.25, -0.2) is 0 Å². The van der Waals surface area contributed by atoms with E-state index >= 15 is 0 Å². The molecule has 0 fully saturated rings. The van der Waals surface area contributed by atoms with Crippen LogP contribution in [0.15, 0.2) is 41.5 Å². The Morgan fingerprint density at radius 3 is 2.38 bits per heavy atom. The summed E-state index contributed by atoms with van der Waals surface area (Å²) in [6.45, 7) is 0. The number of nitrogens with zero attached hydrogens (tertiary/aromatic N) is 3. The van der Waals surface area contributed by atoms with Crippen molar-refractivity contribution < 1.29 is 19.7 Å². The van der Waals surface area contributed by atoms with Crippen molar-refractivity contribution in [1.29, 1.82) is 0 Å². The second-order valence-corrected chi connectivity index (χ2v) is 4.52. The molecule has 0 spiro atoms. The summed E-state index contributed by atoms with van der Waals surface area (Å²) in [4.78, 5) is 20.2. The Hall–Kier alpha value is -3.69. The summed E-state index contributed by atoms with van der Waals surface area (Å²) >= 11 is 0. The number of hydrogen-bond donors (Lipinski definition) is 2. The Balaban J connectivity index is 2.18. The molecular formula is C14H12N4O6. The number of benzene rings is 2. The highest BCUT2D eigenvalue weighted by Crippen LogP contribution is 2.36. The number of anilines is 1. The summed E-state index contributed by atoms with van der Waals surface area (Å²) in [7, 11) is 1.27. The monoisotopic (exact) mass is 332 g/mol. The van der Waals surface area contributed by atoms with Gasteiger partial charge in [0.2, 0.25) is 5.75 Å². The normalized spacial score (nSPS) is 10.5. The van der Waals surface area contributed by atoms with Gasteiger partial charge in [0.25, 0.3) is 5.69 Å². The molecule has 2 aromatic carbocycles. The quantitative estimate of drug-likeness (QED) is 0.470. The van der Waals surface area contributed by atoms with Crippen molar-refractivity contribution >= 4 is 23.3 Å². The highest BCUT2D eigenvalue weighted by atomic mass is 16.6. The van der Waals surface area contributed by atoms with E-state index in [2.05, 4.69) is 10.5 Å². The van der Waals surface area contributed by atoms with Crippen molar-refractivity contribution in [3.63, 3.8) is 0 Å². The average Bonchev–Trinajstić information content (AvgIpc) is 2.56. The van der Waals surface area contributed by atoms with Gasteiger partial charge in [0, 0.05) is 23.8 Å². The third-order valence-electron chi connectivity index (χ3n) is 2.98. The first-order chi connectivity index (χ1) is 11.4. The molecule has 24 heavy (non-hydrogen) atoms. The maximum absolute atomic E-state index is 10.9. The number of rotatable bonds is 6. The first-order valence-electron chi connectivity index (χ1n) is 6.51. The van der Waals surface area contributed by atoms with Crippen LogP contribution < -0.4 is 10.2 Å². The summed E-state index contributed by atoms with van der Waals surface area (Å²) in [6, 6.07) is 8.07. The minimum absolute atomic E-state index is 0.0524. The van der Waals surface area contributed by atoms with E-state index in [0.717, 1.165) is 6.07 Å². The fourth-order valence-electron chi connectivity index (χ4n) is 1.82. The van der Waals surface area contributed by atoms with Crippen LogP contribution in [0.3, 0.4) is 0 Å². The molecule has 0 saturated carbocycles. The van der Waals surface area contributed by atoms with Crippen molar-refractivity contribution in [1.82, 2.24) is 0 Å². The molecule has 0 radical (unpaired) electrons. The maximum atomic E-state index is 10.9. The van der Waals surface area contributed by atoms with Gasteiger partial charge in [0.1, 0.15) is 0 Å². The molecule has 2 N–H and O–H groups in total. The van der Waals surface area contributed by atoms with Crippen LogP contribution in [0, 0.1) is 20.2 Å². The van der Waals surface area contributed by atoms with Gasteiger partial charge in [-0.15, -0.1) is 0 Å². The number of phenolic OH excluding ortho intramolecular Hbond substituents is 1. The molecule has 10 heteroatoms. The third-order valence-corrected chi connectivity index (χ3v) is 2.98. The van der Waals surface area contributed by atoms with Gasteiger partial charge in [-0.05, 0) is 18.2 Å². The molecule has 0 aliphatic carbocycles. The summed E-state index contributed by atoms with van der Waals surface area (Å²) in [5.41, 5.74) is 2.90. The summed E-state index contributed by atoms with van der Waals surface area (Å²) < 4.78 is 4.88. The number of methoxy groups -OCH3 is 1. The van der Waals surface area contributed by atoms with E-state index < -0.39 is 21.3 Å². The Bertz CT molecular complexity index is 804. The van der Waals surface area contributed by atoms with Gasteiger partial charge < -0.3 is 9.84 Å². The summed E-state index contributed by atoms with van der Waals surface area (Å²) in [5.74, 6) is -0.621. The van der Waals surface area contributed by atoms with Crippen LogP contribution >= 0.6 is 0 Å². The van der Waals surface area contributed by atoms with Gasteiger partial charge in [0.15, 0.2) is 5.75 Å². The third kappa shape index (κ3) is 3.74. The number of phenols is 1. The van der Waals surface area contributed by atoms with Crippen LogP contribution in [0.2, 0.25) is 0 Å². The zero-order valence-corrected chi connectivity index (χ0v) is 12.4. The predicted molar refractivity (Wildman–Crippen MR) is 85.6 cm³/mol. The van der Waals surface area contributed by atoms with E-state index in [1.54, 1.807) is 0 Å². The largest absolute Gasteiger partial charge is 0.500 e. The number of hydrogen-bond acceptors (Lipinski definition) is 8. The Labute approximate surface area is 135 Å². The molecule has 0 amide bonds. The van der Waals surface area contributed by atoms with Gasteiger partial charge in [-0.2, -0.15) is 5.10 Å². The van der Waals surface area contributed by atoms with Crippen molar-refractivity contribution in [3.8, 4) is 11.5 Å². The van der Waals surface area contributed by atoms with Crippen molar-refractivity contribution in [2.45, 2.75) is 0 Å². The second-order valence-electron chi connectivity index (χ2n) is 4.52. The zero-order chi connectivity index (χ0) is 17.7. The highest BCUT2D eigenvalue weighted by Gasteiger charge is 2.19. The average molecular weight is 332 g/mol. The molecule has 0 bridgehead atoms. The van der Waals surface area contributed by atoms with Crippen LogP contribution in [0.4, 0.5) is 17.1 Å². The summed E-state index contributed by atoms with van der Waals surface area (Å²) in [6.07, 6.45) is 1.29. The van der Waals surface area contributed by atoms with Crippen LogP contribution in [-0.4, -0.2) is 28.3 Å². The van der Waals surface area contributed by atoms with E-state index in [-0.39, 0.29) is 11.4 Å². The first-order valence-corrected chi connectivity index (χ1v) is 6.51. The lowest BCUT2D eigenvalue weighted by Crippen LogP contribution is -1.96. The van der Waals surface area contributed by atoms with Gasteiger partial charge in [-0.1, -0.05) is 0 Å². The van der Waals surface area contributed by atoms with E-state index in [1.807, 2.05) is 0 Å². The molecule has 0 atom stereocenters. The number of nitro groups is 2. The van der Waals surface area contributed by atoms with E-state index in [4.69, 9.17) is 4.74 Å².